The third kappa shape index (κ3) is 5.00. The fraction of sp³-hybridized carbons (Fsp3) is 0.471. The topological polar surface area (TPSA) is 59.8 Å². The lowest BCUT2D eigenvalue weighted by molar-refractivity contribution is -0.147. The Balaban J connectivity index is 2.06. The van der Waals surface area contributed by atoms with Crippen molar-refractivity contribution in [1.29, 1.82) is 0 Å². The quantitative estimate of drug-likeness (QED) is 0.732. The Hall–Kier alpha value is -2.03. The molecule has 2 atom stereocenters. The Bertz CT molecular complexity index is 733. The predicted octanol–water partition coefficient (Wildman–Crippen LogP) is 3.97. The van der Waals surface area contributed by atoms with E-state index in [4.69, 9.17) is 0 Å². The summed E-state index contributed by atoms with van der Waals surface area (Å²) < 4.78 is 39.2. The molecule has 0 aliphatic carbocycles. The second kappa shape index (κ2) is 8.57. The van der Waals surface area contributed by atoms with E-state index in [1.807, 2.05) is 37.3 Å². The van der Waals surface area contributed by atoms with Gasteiger partial charge >= 0.3 is 6.18 Å². The summed E-state index contributed by atoms with van der Waals surface area (Å²) >= 11 is 0.948. The summed E-state index contributed by atoms with van der Waals surface area (Å²) in [5.41, 5.74) is 0.998. The van der Waals surface area contributed by atoms with Crippen molar-refractivity contribution in [2.75, 3.05) is 0 Å². The molecule has 1 heterocycles. The van der Waals surface area contributed by atoms with E-state index in [1.165, 1.54) is 7.05 Å². The van der Waals surface area contributed by atoms with Crippen molar-refractivity contribution in [3.8, 4) is 0 Å². The van der Waals surface area contributed by atoms with Crippen LogP contribution in [0.2, 0.25) is 0 Å². The molecule has 2 rings (SSSR count). The van der Waals surface area contributed by atoms with E-state index in [0.29, 0.717) is 0 Å². The molecular formula is C17H21F3N4OS. The first-order valence-corrected chi connectivity index (χ1v) is 9.10. The maximum absolute atomic E-state index is 12.8. The highest BCUT2D eigenvalue weighted by atomic mass is 32.2. The van der Waals surface area contributed by atoms with Crippen LogP contribution in [0.3, 0.4) is 0 Å². The highest BCUT2D eigenvalue weighted by Crippen LogP contribution is 2.31. The largest absolute Gasteiger partial charge is 0.451 e. The van der Waals surface area contributed by atoms with Crippen molar-refractivity contribution < 1.29 is 18.0 Å². The van der Waals surface area contributed by atoms with Gasteiger partial charge in [-0.15, -0.1) is 10.2 Å². The van der Waals surface area contributed by atoms with Gasteiger partial charge in [-0.1, -0.05) is 55.4 Å². The minimum atomic E-state index is -4.58. The predicted molar refractivity (Wildman–Crippen MR) is 93.6 cm³/mol. The van der Waals surface area contributed by atoms with Crippen molar-refractivity contribution in [1.82, 2.24) is 20.1 Å². The molecule has 0 unspecified atom stereocenters. The highest BCUT2D eigenvalue weighted by Gasteiger charge is 2.38. The van der Waals surface area contributed by atoms with Crippen molar-refractivity contribution in [2.24, 2.45) is 7.05 Å². The molecule has 0 bridgehead atoms. The Morgan fingerprint density at radius 2 is 1.92 bits per heavy atom. The van der Waals surface area contributed by atoms with Gasteiger partial charge in [-0.3, -0.25) is 4.79 Å². The van der Waals surface area contributed by atoms with Crippen LogP contribution >= 0.6 is 11.8 Å². The normalized spacial score (nSPS) is 14.1. The molecule has 2 aromatic rings. The first-order valence-electron chi connectivity index (χ1n) is 8.22. The lowest BCUT2D eigenvalue weighted by atomic mass is 10.0. The van der Waals surface area contributed by atoms with Crippen LogP contribution in [-0.4, -0.2) is 25.9 Å². The van der Waals surface area contributed by atoms with Crippen molar-refractivity contribution in [3.63, 3.8) is 0 Å². The smallest absolute Gasteiger partial charge is 0.348 e. The average molecular weight is 386 g/mol. The number of nitrogens with one attached hydrogen (secondary N) is 1. The van der Waals surface area contributed by atoms with Gasteiger partial charge in [-0.2, -0.15) is 13.2 Å². The van der Waals surface area contributed by atoms with Crippen LogP contribution in [-0.2, 0) is 18.0 Å². The Kier molecular flexibility index (Phi) is 6.69. The van der Waals surface area contributed by atoms with Crippen molar-refractivity contribution in [2.45, 2.75) is 49.3 Å². The molecule has 1 aromatic heterocycles. The van der Waals surface area contributed by atoms with E-state index in [9.17, 15) is 18.0 Å². The van der Waals surface area contributed by atoms with Crippen LogP contribution in [0, 0.1) is 0 Å². The molecule has 0 saturated heterocycles. The zero-order valence-electron chi connectivity index (χ0n) is 14.7. The van der Waals surface area contributed by atoms with Gasteiger partial charge in [0.2, 0.25) is 11.7 Å². The van der Waals surface area contributed by atoms with Crippen LogP contribution in [0.4, 0.5) is 13.2 Å². The number of alkyl halides is 3. The fourth-order valence-corrected chi connectivity index (χ4v) is 3.29. The van der Waals surface area contributed by atoms with Crippen LogP contribution in [0.5, 0.6) is 0 Å². The molecule has 1 N–H and O–H groups in total. The molecule has 142 valence electrons. The molecule has 9 heteroatoms. The molecule has 0 aliphatic heterocycles. The highest BCUT2D eigenvalue weighted by molar-refractivity contribution is 8.00. The van der Waals surface area contributed by atoms with Gasteiger partial charge in [-0.25, -0.2) is 0 Å². The monoisotopic (exact) mass is 386 g/mol. The number of nitrogens with zero attached hydrogens (tertiary/aromatic N) is 3. The summed E-state index contributed by atoms with van der Waals surface area (Å²) in [6.45, 7) is 3.66. The Morgan fingerprint density at radius 1 is 1.27 bits per heavy atom. The van der Waals surface area contributed by atoms with E-state index in [0.717, 1.165) is 34.7 Å². The van der Waals surface area contributed by atoms with Gasteiger partial charge in [0.15, 0.2) is 5.16 Å². The zero-order valence-corrected chi connectivity index (χ0v) is 15.6. The minimum Gasteiger partial charge on any atom is -0.348 e. The lowest BCUT2D eigenvalue weighted by Gasteiger charge is -2.21. The molecule has 26 heavy (non-hydrogen) atoms. The molecule has 5 nitrogen and oxygen atoms in total. The third-order valence-corrected chi connectivity index (χ3v) is 4.97. The third-order valence-electron chi connectivity index (χ3n) is 3.84. The van der Waals surface area contributed by atoms with E-state index in [1.54, 1.807) is 6.92 Å². The molecule has 0 saturated carbocycles. The lowest BCUT2D eigenvalue weighted by Crippen LogP contribution is -2.34. The molecule has 0 spiro atoms. The first-order chi connectivity index (χ1) is 12.2. The summed E-state index contributed by atoms with van der Waals surface area (Å²) in [6.07, 6.45) is -2.92. The fourth-order valence-electron chi connectivity index (χ4n) is 2.46. The molecule has 0 radical (unpaired) electrons. The number of amides is 1. The molecule has 1 amide bonds. The molecule has 1 aromatic carbocycles. The summed E-state index contributed by atoms with van der Waals surface area (Å²) in [5, 5.41) is 9.14. The van der Waals surface area contributed by atoms with Crippen molar-refractivity contribution in [3.05, 3.63) is 41.7 Å². The van der Waals surface area contributed by atoms with Crippen LogP contribution in [0.15, 0.2) is 35.5 Å². The second-order valence-electron chi connectivity index (χ2n) is 5.88. The maximum Gasteiger partial charge on any atom is 0.451 e. The van der Waals surface area contributed by atoms with E-state index < -0.39 is 17.3 Å². The summed E-state index contributed by atoms with van der Waals surface area (Å²) in [7, 11) is 1.24. The van der Waals surface area contributed by atoms with Gasteiger partial charge in [0.05, 0.1) is 11.3 Å². The van der Waals surface area contributed by atoms with Gasteiger partial charge < -0.3 is 9.88 Å². The summed E-state index contributed by atoms with van der Waals surface area (Å²) in [5.74, 6) is -1.34. The number of hydrogen-bond acceptors (Lipinski definition) is 4. The number of hydrogen-bond donors (Lipinski definition) is 1. The van der Waals surface area contributed by atoms with Crippen LogP contribution in [0.25, 0.3) is 0 Å². The van der Waals surface area contributed by atoms with Gasteiger partial charge in [-0.05, 0) is 18.9 Å². The van der Waals surface area contributed by atoms with E-state index >= 15 is 0 Å². The van der Waals surface area contributed by atoms with Gasteiger partial charge in [0.1, 0.15) is 0 Å². The zero-order chi connectivity index (χ0) is 19.3. The summed E-state index contributed by atoms with van der Waals surface area (Å²) in [6, 6.07) is 9.45. The summed E-state index contributed by atoms with van der Waals surface area (Å²) in [4.78, 5) is 12.5. The number of rotatable bonds is 7. The minimum absolute atomic E-state index is 0.0479. The number of halogens is 3. The number of aromatic nitrogens is 3. The van der Waals surface area contributed by atoms with Gasteiger partial charge in [0, 0.05) is 7.05 Å². The van der Waals surface area contributed by atoms with E-state index in [-0.39, 0.29) is 17.1 Å². The van der Waals surface area contributed by atoms with Crippen molar-refractivity contribution >= 4 is 17.7 Å². The number of carbonyl (C=O) groups excluding carboxylic acids is 1. The molecule has 0 aliphatic rings. The maximum atomic E-state index is 12.8. The molecular weight excluding hydrogens is 365 g/mol. The van der Waals surface area contributed by atoms with Crippen LogP contribution in [0.1, 0.15) is 44.1 Å². The van der Waals surface area contributed by atoms with Crippen LogP contribution < -0.4 is 5.32 Å². The first kappa shape index (κ1) is 20.3. The number of benzene rings is 1. The second-order valence-corrected chi connectivity index (χ2v) is 7.19. The number of carbonyl (C=O) groups is 1. The van der Waals surface area contributed by atoms with Gasteiger partial charge in [0.25, 0.3) is 0 Å². The Labute approximate surface area is 154 Å². The number of thioether (sulfide) groups is 1. The average Bonchev–Trinajstić information content (AvgIpc) is 2.96. The van der Waals surface area contributed by atoms with E-state index in [2.05, 4.69) is 15.5 Å². The standard InChI is InChI=1S/C17H21F3N4OS/c1-4-8-13(12-9-6-5-7-10-12)21-14(25)11(2)26-16-23-22-15(24(16)3)17(18,19)20/h5-7,9-11,13H,4,8H2,1-3H3,(H,21,25)/t11-,13+/m0/s1. The Morgan fingerprint density at radius 3 is 2.46 bits per heavy atom. The SMILES string of the molecule is CCC[C@@H](NC(=O)[C@H](C)Sc1nnc(C(F)(F)F)n1C)c1ccccc1. The molecule has 0 fully saturated rings.